The fourth-order valence-electron chi connectivity index (χ4n) is 1.47. The molecular weight excluding hydrogens is 426 g/mol. The Morgan fingerprint density at radius 3 is 1.86 bits per heavy atom. The summed E-state index contributed by atoms with van der Waals surface area (Å²) >= 11 is 2.54. The summed E-state index contributed by atoms with van der Waals surface area (Å²) in [6, 6.07) is 3.49. The van der Waals surface area contributed by atoms with Crippen molar-refractivity contribution in [1.29, 1.82) is 0 Å². The van der Waals surface area contributed by atoms with Gasteiger partial charge in [0.25, 0.3) is 0 Å². The number of methoxy groups -OCH3 is 2. The Labute approximate surface area is 175 Å². The van der Waals surface area contributed by atoms with E-state index in [0.29, 0.717) is 11.5 Å². The molecule has 0 saturated carbocycles. The van der Waals surface area contributed by atoms with Crippen molar-refractivity contribution in [1.82, 2.24) is 5.32 Å². The molecule has 0 amide bonds. The van der Waals surface area contributed by atoms with E-state index >= 15 is 0 Å². The topological polar surface area (TPSA) is 157 Å². The van der Waals surface area contributed by atoms with E-state index in [1.165, 1.54) is 20.5 Å². The molecule has 29 heavy (non-hydrogen) atoms. The van der Waals surface area contributed by atoms with Crippen molar-refractivity contribution < 1.29 is 57.9 Å². The third-order valence-electron chi connectivity index (χ3n) is 2.48. The van der Waals surface area contributed by atoms with E-state index < -0.39 is 11.9 Å². The second-order valence-corrected chi connectivity index (χ2v) is 4.34. The van der Waals surface area contributed by atoms with Crippen molar-refractivity contribution in [2.45, 2.75) is 0 Å². The monoisotopic (exact) mass is 441 g/mol. The number of carbonyl (C=O) groups is 2. The van der Waals surface area contributed by atoms with Crippen molar-refractivity contribution in [2.75, 3.05) is 21.3 Å². The van der Waals surface area contributed by atoms with Gasteiger partial charge in [0.1, 0.15) is 0 Å². The van der Waals surface area contributed by atoms with Crippen LogP contribution in [0.1, 0.15) is 5.76 Å². The molecule has 1 heterocycles. The van der Waals surface area contributed by atoms with Crippen molar-refractivity contribution in [3.63, 3.8) is 0 Å². The van der Waals surface area contributed by atoms with Crippen LogP contribution >= 0.6 is 0 Å². The molecule has 0 spiro atoms. The number of carbonyl (C=O) groups excluding carboxylic acids is 2. The molecule has 0 saturated heterocycles. The van der Waals surface area contributed by atoms with Gasteiger partial charge in [0.15, 0.2) is 0 Å². The Balaban J connectivity index is -0.000000347. The van der Waals surface area contributed by atoms with Crippen molar-refractivity contribution in [2.24, 2.45) is 0 Å². The predicted octanol–water partition coefficient (Wildman–Crippen LogP) is 0.681. The van der Waals surface area contributed by atoms with E-state index in [-0.39, 0.29) is 9.95 Å². The summed E-state index contributed by atoms with van der Waals surface area (Å²) in [4.78, 5) is 23.5. The molecule has 1 aromatic heterocycles. The summed E-state index contributed by atoms with van der Waals surface area (Å²) in [5, 5.41) is 2.84. The molecule has 1 N–H and O–H groups in total. The van der Waals surface area contributed by atoms with Crippen LogP contribution < -0.4 is 5.32 Å². The third kappa shape index (κ3) is 13.6. The molecule has 0 aliphatic heterocycles. The van der Waals surface area contributed by atoms with Gasteiger partial charge in [-0.25, -0.2) is 0 Å². The summed E-state index contributed by atoms with van der Waals surface area (Å²) in [6.07, 6.45) is 4.79. The van der Waals surface area contributed by atoms with E-state index in [4.69, 9.17) is 27.8 Å². The molecular formula is C18H15CrNO9. The first-order valence-electron chi connectivity index (χ1n) is 6.71. The van der Waals surface area contributed by atoms with Crippen molar-refractivity contribution in [3.8, 4) is 0 Å². The van der Waals surface area contributed by atoms with Gasteiger partial charge in [-0.05, 0) is 0 Å². The maximum atomic E-state index is 11.9. The number of nitrogens with one attached hydrogen (secondary N) is 1. The molecule has 0 aliphatic carbocycles. The SMILES string of the molecule is CNC(/C=C/c1ccco1)=C(\C(=O)OC)[C](=[Cr])C(=O)OC.[C-]#[O+].[C-]#[O+].[C-]#[O+].[C-]#[O+]. The molecule has 0 radical (unpaired) electrons. The molecule has 1 aromatic rings. The average molecular weight is 441 g/mol. The Morgan fingerprint density at radius 1 is 1.03 bits per heavy atom. The standard InChI is InChI=1S/C14H15NO5.4CO.Cr/c1-15-12(7-6-10-5-4-8-20-10)11(14(17)19-3)9-13(16)18-2;4*1-2;/h4-8,15H,1-3H3;;;;;/b7-6+,12-11-;;;;;. The van der Waals surface area contributed by atoms with Gasteiger partial charge >= 0.3 is 175 Å². The summed E-state index contributed by atoms with van der Waals surface area (Å²) in [5.41, 5.74) is 0.437. The van der Waals surface area contributed by atoms with Crippen molar-refractivity contribution in [3.05, 3.63) is 68.1 Å². The van der Waals surface area contributed by atoms with Crippen LogP contribution in [0.3, 0.4) is 0 Å². The van der Waals surface area contributed by atoms with Gasteiger partial charge in [0.2, 0.25) is 0 Å². The molecule has 0 bridgehead atoms. The Kier molecular flexibility index (Phi) is 28.7. The number of esters is 2. The van der Waals surface area contributed by atoms with Crippen LogP contribution in [0.4, 0.5) is 0 Å². The Morgan fingerprint density at radius 2 is 1.52 bits per heavy atom. The fourth-order valence-corrected chi connectivity index (χ4v) is 1.90. The summed E-state index contributed by atoms with van der Waals surface area (Å²) in [5.74, 6) is -0.719. The first kappa shape index (κ1) is 33.4. The van der Waals surface area contributed by atoms with E-state index in [1.807, 2.05) is 0 Å². The normalized spacial score (nSPS) is 8.79. The summed E-state index contributed by atoms with van der Waals surface area (Å²) < 4.78 is 44.5. The first-order chi connectivity index (χ1) is 14.0. The minimum absolute atomic E-state index is 0.0257. The van der Waals surface area contributed by atoms with Gasteiger partial charge in [0, 0.05) is 0 Å². The van der Waals surface area contributed by atoms with Crippen molar-refractivity contribution >= 4 is 22.4 Å². The van der Waals surface area contributed by atoms with E-state index in [2.05, 4.69) is 52.5 Å². The molecule has 0 aliphatic rings. The zero-order valence-electron chi connectivity index (χ0n) is 15.5. The molecule has 0 aromatic carbocycles. The number of likely N-dealkylation sites (N-methyl/N-ethyl adjacent to an activating group) is 1. The van der Waals surface area contributed by atoms with Gasteiger partial charge < -0.3 is 0 Å². The number of ether oxygens (including phenoxy) is 2. The average Bonchev–Trinajstić information content (AvgIpc) is 3.34. The van der Waals surface area contributed by atoms with E-state index in [0.717, 1.165) is 0 Å². The quantitative estimate of drug-likeness (QED) is 0.225. The fraction of sp³-hybridized carbons (Fsp3) is 0.167. The molecule has 152 valence electrons. The number of hydrogen-bond donors (Lipinski definition) is 1. The van der Waals surface area contributed by atoms with Gasteiger partial charge in [-0.3, -0.25) is 0 Å². The number of allylic oxidation sites excluding steroid dienone is 1. The van der Waals surface area contributed by atoms with Crippen LogP contribution in [0.25, 0.3) is 6.08 Å². The Bertz CT molecular complexity index is 729. The van der Waals surface area contributed by atoms with Crippen LogP contribution in [0.5, 0.6) is 0 Å². The zero-order chi connectivity index (χ0) is 23.8. The summed E-state index contributed by atoms with van der Waals surface area (Å²) in [7, 11) is 4.08. The molecule has 0 fully saturated rings. The van der Waals surface area contributed by atoms with Crippen LogP contribution in [0.2, 0.25) is 0 Å². The van der Waals surface area contributed by atoms with Crippen LogP contribution in [0.15, 0.2) is 40.2 Å². The zero-order valence-corrected chi connectivity index (χ0v) is 16.7. The van der Waals surface area contributed by atoms with Crippen LogP contribution in [0, 0.1) is 26.6 Å². The second kappa shape index (κ2) is 24.9. The van der Waals surface area contributed by atoms with Crippen LogP contribution in [-0.2, 0) is 53.5 Å². The van der Waals surface area contributed by atoms with Gasteiger partial charge in [-0.2, -0.15) is 0 Å². The summed E-state index contributed by atoms with van der Waals surface area (Å²) in [6.45, 7) is 18.0. The predicted molar refractivity (Wildman–Crippen MR) is 88.6 cm³/mol. The van der Waals surface area contributed by atoms with Gasteiger partial charge in [0.05, 0.1) is 0 Å². The van der Waals surface area contributed by atoms with E-state index in [1.54, 1.807) is 31.3 Å². The third-order valence-corrected chi connectivity index (χ3v) is 3.06. The van der Waals surface area contributed by atoms with Crippen LogP contribution in [-0.4, -0.2) is 37.6 Å². The molecule has 10 nitrogen and oxygen atoms in total. The molecule has 0 atom stereocenters. The number of rotatable bonds is 6. The van der Waals surface area contributed by atoms with E-state index in [9.17, 15) is 9.59 Å². The molecule has 0 unspecified atom stereocenters. The number of furan rings is 1. The maximum absolute atomic E-state index is 11.9. The number of hydrogen-bond acceptors (Lipinski definition) is 6. The first-order valence-corrected chi connectivity index (χ1v) is 7.35. The molecule has 1 rings (SSSR count). The second-order valence-electron chi connectivity index (χ2n) is 3.70. The van der Waals surface area contributed by atoms with Gasteiger partial charge in [-0.1, -0.05) is 0 Å². The Hall–Kier alpha value is -3.14. The molecule has 11 heteroatoms. The van der Waals surface area contributed by atoms with Gasteiger partial charge in [-0.15, -0.1) is 0 Å². The minimum atomic E-state index is -0.664.